The number of nitrogens with zero attached hydrogens (tertiary/aromatic N) is 1. The van der Waals surface area contributed by atoms with E-state index in [1.165, 1.54) is 0 Å². The lowest BCUT2D eigenvalue weighted by Crippen LogP contribution is -2.46. The molecule has 8 nitrogen and oxygen atoms in total. The molecule has 2 amide bonds. The van der Waals surface area contributed by atoms with Crippen LogP contribution in [0, 0.1) is 0 Å². The van der Waals surface area contributed by atoms with E-state index in [1.54, 1.807) is 13.8 Å². The maximum absolute atomic E-state index is 11.5. The second-order valence-corrected chi connectivity index (χ2v) is 3.36. The molecule has 0 unspecified atom stereocenters. The molecule has 0 rings (SSSR count). The minimum Gasteiger partial charge on any atom is -0.479 e. The number of likely N-dealkylation sites (N-methyl/N-ethyl adjacent to an activating group) is 1. The first-order valence-electron chi connectivity index (χ1n) is 5.51. The van der Waals surface area contributed by atoms with E-state index < -0.39 is 30.6 Å². The van der Waals surface area contributed by atoms with Gasteiger partial charge in [-0.25, -0.2) is 9.59 Å². The lowest BCUT2D eigenvalue weighted by Gasteiger charge is -2.20. The number of carboxylic acids is 1. The van der Waals surface area contributed by atoms with Crippen molar-refractivity contribution in [2.45, 2.75) is 20.0 Å². The van der Waals surface area contributed by atoms with Crippen molar-refractivity contribution in [2.75, 3.05) is 26.2 Å². The molecule has 0 spiro atoms. The minimum absolute atomic E-state index is 0.218. The van der Waals surface area contributed by atoms with Crippen molar-refractivity contribution in [3.8, 4) is 0 Å². The number of hydrogen-bond donors (Lipinski definition) is 3. The molecule has 0 aromatic heterocycles. The van der Waals surface area contributed by atoms with Crippen LogP contribution in [0.5, 0.6) is 0 Å². The van der Waals surface area contributed by atoms with E-state index >= 15 is 0 Å². The molecule has 1 atom stereocenters. The summed E-state index contributed by atoms with van der Waals surface area (Å²) in [4.78, 5) is 34.2. The van der Waals surface area contributed by atoms with Gasteiger partial charge in [-0.3, -0.25) is 4.79 Å². The summed E-state index contributed by atoms with van der Waals surface area (Å²) < 4.78 is 4.68. The van der Waals surface area contributed by atoms with Crippen LogP contribution >= 0.6 is 0 Å². The van der Waals surface area contributed by atoms with E-state index in [-0.39, 0.29) is 19.7 Å². The van der Waals surface area contributed by atoms with Gasteiger partial charge in [0.1, 0.15) is 6.54 Å². The maximum Gasteiger partial charge on any atom is 0.334 e. The maximum atomic E-state index is 11.5. The fraction of sp³-hybridized carbons (Fsp3) is 0.700. The summed E-state index contributed by atoms with van der Waals surface area (Å²) in [6.45, 7) is 3.14. The highest BCUT2D eigenvalue weighted by Gasteiger charge is 2.19. The molecule has 0 radical (unpaired) electrons. The third kappa shape index (κ3) is 6.04. The number of aliphatic carboxylic acids is 1. The molecule has 0 aromatic carbocycles. The Morgan fingerprint density at radius 2 is 1.94 bits per heavy atom. The fourth-order valence-electron chi connectivity index (χ4n) is 1.07. The summed E-state index contributed by atoms with van der Waals surface area (Å²) >= 11 is 0. The second kappa shape index (κ2) is 8.29. The van der Waals surface area contributed by atoms with Gasteiger partial charge in [0, 0.05) is 6.54 Å². The van der Waals surface area contributed by atoms with Crippen LogP contribution in [0.25, 0.3) is 0 Å². The van der Waals surface area contributed by atoms with Crippen molar-refractivity contribution in [2.24, 2.45) is 0 Å². The molecule has 0 aromatic rings. The summed E-state index contributed by atoms with van der Waals surface area (Å²) in [5.41, 5.74) is 0. The van der Waals surface area contributed by atoms with Crippen LogP contribution < -0.4 is 5.32 Å². The molecule has 8 heteroatoms. The Balaban J connectivity index is 4.18. The molecule has 0 aliphatic heterocycles. The van der Waals surface area contributed by atoms with Crippen LogP contribution in [0.15, 0.2) is 0 Å². The van der Waals surface area contributed by atoms with Gasteiger partial charge in [0.05, 0.1) is 13.2 Å². The van der Waals surface area contributed by atoms with Crippen LogP contribution in [0.2, 0.25) is 0 Å². The molecule has 18 heavy (non-hydrogen) atoms. The van der Waals surface area contributed by atoms with Crippen LogP contribution in [0.4, 0.5) is 4.79 Å². The van der Waals surface area contributed by atoms with E-state index in [0.717, 1.165) is 4.90 Å². The van der Waals surface area contributed by atoms with Gasteiger partial charge in [0.25, 0.3) is 0 Å². The zero-order valence-electron chi connectivity index (χ0n) is 10.4. The number of aliphatic hydroxyl groups excluding tert-OH is 1. The van der Waals surface area contributed by atoms with E-state index in [0.29, 0.717) is 0 Å². The number of carbonyl (C=O) groups excluding carboxylic acids is 2. The van der Waals surface area contributed by atoms with E-state index in [4.69, 9.17) is 10.2 Å². The number of carboxylic acid groups (broad SMARTS) is 1. The average molecular weight is 262 g/mol. The Bertz CT molecular complexity index is 307. The summed E-state index contributed by atoms with van der Waals surface area (Å²) in [5, 5.41) is 19.6. The Morgan fingerprint density at radius 1 is 1.33 bits per heavy atom. The molecular weight excluding hydrogens is 244 g/mol. The quantitative estimate of drug-likeness (QED) is 0.508. The third-order valence-corrected chi connectivity index (χ3v) is 2.03. The normalized spacial score (nSPS) is 11.5. The summed E-state index contributed by atoms with van der Waals surface area (Å²) in [6, 6.07) is -0.633. The molecule has 0 heterocycles. The van der Waals surface area contributed by atoms with Gasteiger partial charge in [0.15, 0.2) is 6.10 Å². The third-order valence-electron chi connectivity index (χ3n) is 2.03. The summed E-state index contributed by atoms with van der Waals surface area (Å²) in [5.74, 6) is -1.97. The molecule has 3 N–H and O–H groups in total. The van der Waals surface area contributed by atoms with Crippen molar-refractivity contribution in [1.82, 2.24) is 10.2 Å². The van der Waals surface area contributed by atoms with Gasteiger partial charge in [-0.05, 0) is 13.8 Å². The molecule has 0 fully saturated rings. The first kappa shape index (κ1) is 16.2. The second-order valence-electron chi connectivity index (χ2n) is 3.36. The number of aliphatic hydroxyl groups is 1. The van der Waals surface area contributed by atoms with Gasteiger partial charge in [-0.2, -0.15) is 0 Å². The van der Waals surface area contributed by atoms with E-state index in [2.05, 4.69) is 10.1 Å². The Labute approximate surface area is 105 Å². The standard InChI is InChI=1S/C10H18N2O6/c1-3-12(6-8(14)18-4-2)10(17)11-5-7(13)9(15)16/h7,13H,3-6H2,1-2H3,(H,11,17)(H,15,16)/t7-/m0/s1. The first-order valence-corrected chi connectivity index (χ1v) is 5.51. The van der Waals surface area contributed by atoms with Crippen molar-refractivity contribution in [3.63, 3.8) is 0 Å². The number of urea groups is 1. The lowest BCUT2D eigenvalue weighted by atomic mass is 10.3. The SMILES string of the molecule is CCOC(=O)CN(CC)C(=O)NC[C@H](O)C(=O)O. The smallest absolute Gasteiger partial charge is 0.334 e. The lowest BCUT2D eigenvalue weighted by molar-refractivity contribution is -0.146. The van der Waals surface area contributed by atoms with Crippen LogP contribution in [-0.2, 0) is 14.3 Å². The Kier molecular flexibility index (Phi) is 7.45. The molecule has 0 bridgehead atoms. The highest BCUT2D eigenvalue weighted by Crippen LogP contribution is 1.92. The largest absolute Gasteiger partial charge is 0.479 e. The predicted molar refractivity (Wildman–Crippen MR) is 60.9 cm³/mol. The van der Waals surface area contributed by atoms with Crippen molar-refractivity contribution in [1.29, 1.82) is 0 Å². The topological polar surface area (TPSA) is 116 Å². The van der Waals surface area contributed by atoms with Gasteiger partial charge in [0.2, 0.25) is 0 Å². The summed E-state index contributed by atoms with van der Waals surface area (Å²) in [6.07, 6.45) is -1.67. The number of rotatable bonds is 7. The van der Waals surface area contributed by atoms with Crippen molar-refractivity contribution < 1.29 is 29.3 Å². The minimum atomic E-state index is -1.67. The van der Waals surface area contributed by atoms with Gasteiger partial charge >= 0.3 is 18.0 Å². The number of amides is 2. The molecule has 0 aliphatic rings. The van der Waals surface area contributed by atoms with Crippen LogP contribution in [0.1, 0.15) is 13.8 Å². The van der Waals surface area contributed by atoms with Crippen LogP contribution in [0.3, 0.4) is 0 Å². The molecule has 0 saturated heterocycles. The molecule has 0 aliphatic carbocycles. The van der Waals surface area contributed by atoms with E-state index in [9.17, 15) is 14.4 Å². The predicted octanol–water partition coefficient (Wildman–Crippen LogP) is -0.973. The zero-order valence-corrected chi connectivity index (χ0v) is 10.4. The summed E-state index contributed by atoms with van der Waals surface area (Å²) in [7, 11) is 0. The molecule has 0 saturated carbocycles. The Hall–Kier alpha value is -1.83. The first-order chi connectivity index (χ1) is 8.42. The number of hydrogen-bond acceptors (Lipinski definition) is 5. The fourth-order valence-corrected chi connectivity index (χ4v) is 1.07. The van der Waals surface area contributed by atoms with Gasteiger partial charge < -0.3 is 25.2 Å². The Morgan fingerprint density at radius 3 is 2.39 bits per heavy atom. The molecule has 104 valence electrons. The number of esters is 1. The monoisotopic (exact) mass is 262 g/mol. The highest BCUT2D eigenvalue weighted by atomic mass is 16.5. The van der Waals surface area contributed by atoms with Gasteiger partial charge in [-0.15, -0.1) is 0 Å². The number of carbonyl (C=O) groups is 3. The number of nitrogens with one attached hydrogen (secondary N) is 1. The molecular formula is C10H18N2O6. The van der Waals surface area contributed by atoms with Gasteiger partial charge in [-0.1, -0.05) is 0 Å². The van der Waals surface area contributed by atoms with E-state index in [1.807, 2.05) is 0 Å². The van der Waals surface area contributed by atoms with Crippen molar-refractivity contribution >= 4 is 18.0 Å². The zero-order chi connectivity index (χ0) is 14.1. The van der Waals surface area contributed by atoms with Crippen LogP contribution in [-0.4, -0.2) is 65.4 Å². The number of ether oxygens (including phenoxy) is 1. The average Bonchev–Trinajstić information content (AvgIpc) is 2.32. The highest BCUT2D eigenvalue weighted by molar-refractivity contribution is 5.81. The van der Waals surface area contributed by atoms with Crippen molar-refractivity contribution in [3.05, 3.63) is 0 Å².